The summed E-state index contributed by atoms with van der Waals surface area (Å²) in [5, 5.41) is 34.5. The van der Waals surface area contributed by atoms with Gasteiger partial charge in [-0.25, -0.2) is 4.79 Å². The second-order valence-corrected chi connectivity index (χ2v) is 18.7. The molecule has 4 aliphatic carbocycles. The van der Waals surface area contributed by atoms with Crippen molar-refractivity contribution in [2.75, 3.05) is 0 Å². The number of aromatic nitrogens is 1. The molecule has 9 unspecified atom stereocenters. The number of fused-ring (bicyclic) bond motifs is 11. The van der Waals surface area contributed by atoms with Crippen molar-refractivity contribution in [2.24, 2.45) is 28.6 Å². The molecule has 2 aromatic rings. The molecule has 1 aromatic heterocycles. The molecule has 2 fully saturated rings. The summed E-state index contributed by atoms with van der Waals surface area (Å²) < 4.78 is 8.88. The van der Waals surface area contributed by atoms with Gasteiger partial charge in [0, 0.05) is 33.5 Å². The Morgan fingerprint density at radius 3 is 2.44 bits per heavy atom. The Balaban J connectivity index is 1.34. The van der Waals surface area contributed by atoms with Crippen LogP contribution in [0.4, 0.5) is 0 Å². The van der Waals surface area contributed by atoms with Crippen molar-refractivity contribution in [3.05, 3.63) is 63.9 Å². The highest BCUT2D eigenvalue weighted by atomic mass is 16.5. The van der Waals surface area contributed by atoms with Crippen LogP contribution in [0.5, 0.6) is 0 Å². The Bertz CT molecular complexity index is 1980. The van der Waals surface area contributed by atoms with E-state index in [1.807, 2.05) is 13.0 Å². The van der Waals surface area contributed by atoms with Crippen molar-refractivity contribution < 1.29 is 29.6 Å². The average molecular weight is 682 g/mol. The number of ketones is 1. The highest BCUT2D eigenvalue weighted by molar-refractivity contribution is 6.18. The van der Waals surface area contributed by atoms with Gasteiger partial charge in [-0.1, -0.05) is 39.0 Å². The van der Waals surface area contributed by atoms with E-state index >= 15 is 0 Å². The zero-order valence-electron chi connectivity index (χ0n) is 31.4. The predicted octanol–water partition coefficient (Wildman–Crippen LogP) is 8.41. The normalized spacial score (nSPS) is 39.1. The molecule has 6 aliphatic rings. The Kier molecular flexibility index (Phi) is 7.04. The number of carboxylic acids is 1. The van der Waals surface area contributed by atoms with Crippen LogP contribution in [0.15, 0.2) is 35.9 Å². The summed E-state index contributed by atoms with van der Waals surface area (Å²) in [7, 11) is 0. The number of allylic oxidation sites excluding steroid dienone is 2. The van der Waals surface area contributed by atoms with Gasteiger partial charge < -0.3 is 24.6 Å². The van der Waals surface area contributed by atoms with Crippen LogP contribution in [-0.4, -0.2) is 48.9 Å². The number of carbonyl (C=O) groups excluding carboxylic acids is 1. The fraction of sp³-hybridized carbons (Fsp3) is 0.628. The van der Waals surface area contributed by atoms with Crippen LogP contribution in [0.3, 0.4) is 0 Å². The zero-order valence-corrected chi connectivity index (χ0v) is 31.4. The average Bonchev–Trinajstić information content (AvgIpc) is 3.67. The van der Waals surface area contributed by atoms with E-state index in [4.69, 9.17) is 4.74 Å². The van der Waals surface area contributed by atoms with Gasteiger partial charge in [0.05, 0.1) is 34.5 Å². The highest BCUT2D eigenvalue weighted by Crippen LogP contribution is 2.72. The fourth-order valence-corrected chi connectivity index (χ4v) is 13.0. The van der Waals surface area contributed by atoms with E-state index in [-0.39, 0.29) is 33.9 Å². The molecule has 3 heterocycles. The molecule has 1 aromatic carbocycles. The van der Waals surface area contributed by atoms with E-state index < -0.39 is 35.4 Å². The largest absolute Gasteiger partial charge is 0.478 e. The maximum atomic E-state index is 14.8. The van der Waals surface area contributed by atoms with E-state index in [1.54, 1.807) is 6.92 Å². The van der Waals surface area contributed by atoms with Crippen molar-refractivity contribution >= 4 is 28.2 Å². The quantitative estimate of drug-likeness (QED) is 0.216. The number of hydrogen-bond acceptors (Lipinski definition) is 5. The summed E-state index contributed by atoms with van der Waals surface area (Å²) in [5.41, 5.74) is 6.27. The molecule has 7 nitrogen and oxygen atoms in total. The first-order chi connectivity index (χ1) is 23.2. The van der Waals surface area contributed by atoms with Crippen molar-refractivity contribution in [1.82, 2.24) is 4.57 Å². The van der Waals surface area contributed by atoms with Gasteiger partial charge in [0.1, 0.15) is 6.04 Å². The van der Waals surface area contributed by atoms with E-state index in [1.165, 1.54) is 11.3 Å². The van der Waals surface area contributed by atoms with Crippen LogP contribution < -0.4 is 0 Å². The molecule has 50 heavy (non-hydrogen) atoms. The number of carbonyl (C=O) groups is 2. The van der Waals surface area contributed by atoms with E-state index in [0.717, 1.165) is 65.3 Å². The van der Waals surface area contributed by atoms with Gasteiger partial charge >= 0.3 is 5.97 Å². The molecule has 2 aliphatic heterocycles. The number of nitrogens with zero attached hydrogens (tertiary/aromatic N) is 1. The molecule has 8 rings (SSSR count). The monoisotopic (exact) mass is 681 g/mol. The molecule has 2 saturated carbocycles. The number of Topliss-reactive ketones (excluding diaryl/α,β-unsaturated/α-hetero) is 1. The lowest BCUT2D eigenvalue weighted by atomic mass is 9.40. The third-order valence-corrected chi connectivity index (χ3v) is 15.2. The number of aliphatic carboxylic acids is 1. The minimum absolute atomic E-state index is 0.0301. The molecule has 9 atom stereocenters. The summed E-state index contributed by atoms with van der Waals surface area (Å²) >= 11 is 0. The maximum absolute atomic E-state index is 14.8. The molecule has 7 heteroatoms. The van der Waals surface area contributed by atoms with Gasteiger partial charge in [0.25, 0.3) is 0 Å². The molecule has 0 spiro atoms. The number of rotatable bonds is 5. The smallest absolute Gasteiger partial charge is 0.330 e. The van der Waals surface area contributed by atoms with Crippen LogP contribution >= 0.6 is 0 Å². The van der Waals surface area contributed by atoms with Gasteiger partial charge in [0.15, 0.2) is 5.78 Å². The number of hydrogen-bond donors (Lipinski definition) is 3. The number of ether oxygens (including phenoxy) is 1. The summed E-state index contributed by atoms with van der Waals surface area (Å²) in [6.45, 7) is 23.4. The molecular formula is C43H55NO6. The predicted molar refractivity (Wildman–Crippen MR) is 195 cm³/mol. The summed E-state index contributed by atoms with van der Waals surface area (Å²) in [5.74, 6) is -0.523. The van der Waals surface area contributed by atoms with Crippen LogP contribution in [0.25, 0.3) is 16.5 Å². The number of aliphatic hydroxyl groups excluding tert-OH is 2. The molecule has 0 bridgehead atoms. The van der Waals surface area contributed by atoms with Gasteiger partial charge in [-0.15, -0.1) is 0 Å². The zero-order chi connectivity index (χ0) is 36.2. The first-order valence-electron chi connectivity index (χ1n) is 18.8. The van der Waals surface area contributed by atoms with Crippen molar-refractivity contribution in [2.45, 2.75) is 142 Å². The maximum Gasteiger partial charge on any atom is 0.330 e. The Hall–Kier alpha value is -3.00. The second kappa shape index (κ2) is 10.3. The first-order valence-corrected chi connectivity index (χ1v) is 18.8. The lowest BCUT2D eigenvalue weighted by Gasteiger charge is -2.65. The molecular weight excluding hydrogens is 626 g/mol. The lowest BCUT2D eigenvalue weighted by molar-refractivity contribution is -0.166. The minimum Gasteiger partial charge on any atom is -0.478 e. The van der Waals surface area contributed by atoms with Gasteiger partial charge in [-0.2, -0.15) is 0 Å². The topological polar surface area (TPSA) is 109 Å². The highest BCUT2D eigenvalue weighted by Gasteiger charge is 2.68. The Morgan fingerprint density at radius 2 is 1.78 bits per heavy atom. The summed E-state index contributed by atoms with van der Waals surface area (Å²) in [6, 6.07) is 1.77. The minimum atomic E-state index is -0.899. The van der Waals surface area contributed by atoms with Crippen molar-refractivity contribution in [3.63, 3.8) is 0 Å². The number of benzene rings is 1. The van der Waals surface area contributed by atoms with E-state index in [9.17, 15) is 24.9 Å². The molecule has 268 valence electrons. The SMILES string of the molecule is C=C(C)C1C(=O)c2c3c(cc4c5c(n1c24)C1(C)C(CCC2C(C)(CCC=C(C)C(=O)O)C(O)CCC21C)C5)C1=CC(C)(C)OC(C)(C)C1C3O. The summed E-state index contributed by atoms with van der Waals surface area (Å²) in [4.78, 5) is 26.4. The van der Waals surface area contributed by atoms with Crippen molar-refractivity contribution in [3.8, 4) is 0 Å². The Labute approximate surface area is 296 Å². The number of aliphatic hydroxyl groups is 2. The van der Waals surface area contributed by atoms with Crippen LogP contribution in [0.1, 0.15) is 146 Å². The van der Waals surface area contributed by atoms with Gasteiger partial charge in [-0.05, 0) is 138 Å². The number of carboxylic acid groups (broad SMARTS) is 1. The fourth-order valence-electron chi connectivity index (χ4n) is 13.0. The molecule has 0 saturated heterocycles. The second-order valence-electron chi connectivity index (χ2n) is 18.7. The van der Waals surface area contributed by atoms with Crippen molar-refractivity contribution in [1.29, 1.82) is 0 Å². The van der Waals surface area contributed by atoms with E-state index in [2.05, 4.69) is 71.8 Å². The van der Waals surface area contributed by atoms with Crippen LogP contribution in [0.2, 0.25) is 0 Å². The molecule has 0 radical (unpaired) electrons. The van der Waals surface area contributed by atoms with E-state index in [0.29, 0.717) is 29.9 Å². The Morgan fingerprint density at radius 1 is 1.08 bits per heavy atom. The molecule has 3 N–H and O–H groups in total. The van der Waals surface area contributed by atoms with Crippen LogP contribution in [-0.2, 0) is 21.4 Å². The third-order valence-electron chi connectivity index (χ3n) is 15.2. The third kappa shape index (κ3) is 4.03. The van der Waals surface area contributed by atoms with Gasteiger partial charge in [0.2, 0.25) is 0 Å². The van der Waals surface area contributed by atoms with Crippen LogP contribution in [0, 0.1) is 28.6 Å². The molecule has 0 amide bonds. The first kappa shape index (κ1) is 34.1. The van der Waals surface area contributed by atoms with Gasteiger partial charge in [-0.3, -0.25) is 4.79 Å². The summed E-state index contributed by atoms with van der Waals surface area (Å²) in [6.07, 6.45) is 8.58. The lowest BCUT2D eigenvalue weighted by Crippen LogP contribution is -2.62. The standard InChI is InChI=1S/C43H55NO6/c1-21(2)33-36(47)31-30-24(27-20-39(4,5)50-40(6,7)32(27)35(30)46)19-25-26-18-23-13-14-28-41(8,16-11-12-22(3)38(48)49)29(45)15-17-42(28,9)43(23,10)37(26)44(33)34(25)31/h12,19-20,23,28-29,32-33,35,45-46H,1,11,13-18H2,2-10H3,(H,48,49).